The average Bonchev–Trinajstić information content (AvgIpc) is 2.42. The van der Waals surface area contributed by atoms with Crippen LogP contribution in [0.25, 0.3) is 0 Å². The molecule has 1 rings (SSSR count). The fourth-order valence-electron chi connectivity index (χ4n) is 1.85. The number of nitrogens with zero attached hydrogens (tertiary/aromatic N) is 3. The average molecular weight is 265 g/mol. The third-order valence-corrected chi connectivity index (χ3v) is 2.95. The first-order chi connectivity index (χ1) is 9.10. The summed E-state index contributed by atoms with van der Waals surface area (Å²) < 4.78 is 4.61. The van der Waals surface area contributed by atoms with Gasteiger partial charge in [0.2, 0.25) is 0 Å². The molecule has 0 aliphatic heterocycles. The van der Waals surface area contributed by atoms with Crippen LogP contribution in [0.3, 0.4) is 0 Å². The van der Waals surface area contributed by atoms with Gasteiger partial charge in [-0.1, -0.05) is 19.8 Å². The van der Waals surface area contributed by atoms with Gasteiger partial charge in [-0.25, -0.2) is 14.8 Å². The van der Waals surface area contributed by atoms with Crippen molar-refractivity contribution >= 4 is 11.8 Å². The van der Waals surface area contributed by atoms with E-state index in [-0.39, 0.29) is 5.69 Å². The van der Waals surface area contributed by atoms with Crippen molar-refractivity contribution in [2.45, 2.75) is 46.1 Å². The first kappa shape index (κ1) is 15.4. The molecule has 0 radical (unpaired) electrons. The molecule has 5 nitrogen and oxygen atoms in total. The summed E-state index contributed by atoms with van der Waals surface area (Å²) in [5.41, 5.74) is 0.239. The lowest BCUT2D eigenvalue weighted by Crippen LogP contribution is -2.32. The fraction of sp³-hybridized carbons (Fsp3) is 0.643. The molecule has 19 heavy (non-hydrogen) atoms. The Kier molecular flexibility index (Phi) is 6.25. The Hall–Kier alpha value is -1.65. The molecule has 0 unspecified atom stereocenters. The molecule has 0 N–H and O–H groups in total. The molecule has 0 bridgehead atoms. The van der Waals surface area contributed by atoms with Gasteiger partial charge in [-0.3, -0.25) is 0 Å². The number of esters is 1. The maximum absolute atomic E-state index is 11.3. The molecule has 0 aliphatic rings. The van der Waals surface area contributed by atoms with E-state index in [1.165, 1.54) is 26.1 Å². The van der Waals surface area contributed by atoms with E-state index in [4.69, 9.17) is 0 Å². The topological polar surface area (TPSA) is 55.3 Å². The van der Waals surface area contributed by atoms with Gasteiger partial charge in [-0.2, -0.15) is 0 Å². The summed E-state index contributed by atoms with van der Waals surface area (Å²) in [6.07, 6.45) is 6.64. The number of methoxy groups -OCH3 is 1. The van der Waals surface area contributed by atoms with Crippen LogP contribution in [0.1, 0.15) is 50.5 Å². The van der Waals surface area contributed by atoms with E-state index in [0.29, 0.717) is 6.04 Å². The molecule has 0 aromatic carbocycles. The zero-order chi connectivity index (χ0) is 14.3. The maximum Gasteiger partial charge on any atom is 0.358 e. The highest BCUT2D eigenvalue weighted by Gasteiger charge is 2.14. The number of anilines is 1. The molecule has 0 saturated carbocycles. The van der Waals surface area contributed by atoms with Crippen molar-refractivity contribution in [2.24, 2.45) is 0 Å². The van der Waals surface area contributed by atoms with Crippen molar-refractivity contribution < 1.29 is 9.53 Å². The minimum absolute atomic E-state index is 0.239. The Balaban J connectivity index is 2.76. The first-order valence-corrected chi connectivity index (χ1v) is 6.77. The van der Waals surface area contributed by atoms with Crippen LogP contribution in [-0.4, -0.2) is 35.6 Å². The normalized spacial score (nSPS) is 10.6. The van der Waals surface area contributed by atoms with Crippen LogP contribution >= 0.6 is 0 Å². The molecule has 0 atom stereocenters. The minimum atomic E-state index is -0.457. The van der Waals surface area contributed by atoms with E-state index >= 15 is 0 Å². The molecule has 0 aliphatic carbocycles. The predicted octanol–water partition coefficient (Wildman–Crippen LogP) is 2.67. The van der Waals surface area contributed by atoms with Crippen molar-refractivity contribution in [1.82, 2.24) is 9.97 Å². The van der Waals surface area contributed by atoms with Crippen molar-refractivity contribution in [1.29, 1.82) is 0 Å². The third-order valence-electron chi connectivity index (χ3n) is 2.95. The quantitative estimate of drug-likeness (QED) is 0.560. The van der Waals surface area contributed by atoms with E-state index in [0.717, 1.165) is 18.8 Å². The Morgan fingerprint density at radius 3 is 2.53 bits per heavy atom. The van der Waals surface area contributed by atoms with Crippen LogP contribution in [0.4, 0.5) is 5.82 Å². The molecule has 1 heterocycles. The minimum Gasteiger partial charge on any atom is -0.464 e. The summed E-state index contributed by atoms with van der Waals surface area (Å²) in [5.74, 6) is 0.347. The van der Waals surface area contributed by atoms with Crippen LogP contribution in [0.15, 0.2) is 12.4 Å². The maximum atomic E-state index is 11.3. The molecule has 0 amide bonds. The summed E-state index contributed by atoms with van der Waals surface area (Å²) >= 11 is 0. The number of aromatic nitrogens is 2. The lowest BCUT2D eigenvalue weighted by atomic mass is 10.2. The van der Waals surface area contributed by atoms with Crippen LogP contribution in [0, 0.1) is 0 Å². The smallest absolute Gasteiger partial charge is 0.358 e. The molecular formula is C14H23N3O2. The first-order valence-electron chi connectivity index (χ1n) is 6.77. The van der Waals surface area contributed by atoms with E-state index in [1.54, 1.807) is 6.20 Å². The second kappa shape index (κ2) is 7.71. The summed E-state index contributed by atoms with van der Waals surface area (Å²) in [6, 6.07) is 0.357. The molecule has 106 valence electrons. The highest BCUT2D eigenvalue weighted by Crippen LogP contribution is 2.14. The van der Waals surface area contributed by atoms with Gasteiger partial charge in [0.1, 0.15) is 5.82 Å². The van der Waals surface area contributed by atoms with Gasteiger partial charge in [-0.15, -0.1) is 0 Å². The number of ether oxygens (including phenoxy) is 1. The van der Waals surface area contributed by atoms with Gasteiger partial charge in [-0.05, 0) is 20.3 Å². The van der Waals surface area contributed by atoms with Crippen molar-refractivity contribution in [2.75, 3.05) is 18.6 Å². The highest BCUT2D eigenvalue weighted by molar-refractivity contribution is 5.86. The zero-order valence-electron chi connectivity index (χ0n) is 12.2. The lowest BCUT2D eigenvalue weighted by Gasteiger charge is -2.27. The zero-order valence-corrected chi connectivity index (χ0v) is 12.2. The van der Waals surface area contributed by atoms with Crippen molar-refractivity contribution in [3.8, 4) is 0 Å². The Bertz CT molecular complexity index is 390. The number of carbonyl (C=O) groups is 1. The SMILES string of the molecule is CCCCCN(c1cnc(C(=O)OC)cn1)C(C)C. The Morgan fingerprint density at radius 2 is 2.05 bits per heavy atom. The van der Waals surface area contributed by atoms with Gasteiger partial charge in [0.15, 0.2) is 5.69 Å². The van der Waals surface area contributed by atoms with Gasteiger partial charge in [0, 0.05) is 12.6 Å². The van der Waals surface area contributed by atoms with Crippen LogP contribution in [0.2, 0.25) is 0 Å². The summed E-state index contributed by atoms with van der Waals surface area (Å²) in [4.78, 5) is 21.9. The largest absolute Gasteiger partial charge is 0.464 e. The monoisotopic (exact) mass is 265 g/mol. The third kappa shape index (κ3) is 4.50. The van der Waals surface area contributed by atoms with Gasteiger partial charge in [0.05, 0.1) is 19.5 Å². The van der Waals surface area contributed by atoms with Crippen molar-refractivity contribution in [3.63, 3.8) is 0 Å². The summed E-state index contributed by atoms with van der Waals surface area (Å²) in [7, 11) is 1.34. The van der Waals surface area contributed by atoms with Crippen LogP contribution < -0.4 is 4.90 Å². The second-order valence-electron chi connectivity index (χ2n) is 4.75. The number of carbonyl (C=O) groups excluding carboxylic acids is 1. The number of unbranched alkanes of at least 4 members (excludes halogenated alkanes) is 2. The molecule has 0 fully saturated rings. The van der Waals surface area contributed by atoms with E-state index in [1.807, 2.05) is 0 Å². The van der Waals surface area contributed by atoms with E-state index in [2.05, 4.69) is 40.4 Å². The number of hydrogen-bond donors (Lipinski definition) is 0. The molecule has 5 heteroatoms. The van der Waals surface area contributed by atoms with E-state index in [9.17, 15) is 4.79 Å². The molecule has 0 spiro atoms. The van der Waals surface area contributed by atoms with Gasteiger partial charge >= 0.3 is 5.97 Å². The molecule has 1 aromatic heterocycles. The fourth-order valence-corrected chi connectivity index (χ4v) is 1.85. The van der Waals surface area contributed by atoms with Crippen LogP contribution in [-0.2, 0) is 4.74 Å². The Labute approximate surface area is 115 Å². The molecular weight excluding hydrogens is 242 g/mol. The second-order valence-corrected chi connectivity index (χ2v) is 4.75. The Morgan fingerprint density at radius 1 is 1.32 bits per heavy atom. The summed E-state index contributed by atoms with van der Waals surface area (Å²) in [5, 5.41) is 0. The van der Waals surface area contributed by atoms with Gasteiger partial charge < -0.3 is 9.64 Å². The van der Waals surface area contributed by atoms with Crippen LogP contribution in [0.5, 0.6) is 0 Å². The van der Waals surface area contributed by atoms with Gasteiger partial charge in [0.25, 0.3) is 0 Å². The standard InChI is InChI=1S/C14H23N3O2/c1-5-6-7-8-17(11(2)3)13-10-15-12(9-16-13)14(18)19-4/h9-11H,5-8H2,1-4H3. The molecule has 1 aromatic rings. The predicted molar refractivity (Wildman–Crippen MR) is 75.4 cm³/mol. The lowest BCUT2D eigenvalue weighted by molar-refractivity contribution is 0.0593. The van der Waals surface area contributed by atoms with Crippen molar-refractivity contribution in [3.05, 3.63) is 18.1 Å². The molecule has 0 saturated heterocycles. The summed E-state index contributed by atoms with van der Waals surface area (Å²) in [6.45, 7) is 7.39. The highest BCUT2D eigenvalue weighted by atomic mass is 16.5. The number of hydrogen-bond acceptors (Lipinski definition) is 5. The van der Waals surface area contributed by atoms with E-state index < -0.39 is 5.97 Å². The number of rotatable bonds is 7.